The van der Waals surface area contributed by atoms with Crippen LogP contribution in [0.25, 0.3) is 0 Å². The van der Waals surface area contributed by atoms with Crippen molar-refractivity contribution in [3.63, 3.8) is 0 Å². The lowest BCUT2D eigenvalue weighted by molar-refractivity contribution is -0.141. The maximum absolute atomic E-state index is 9.82. The van der Waals surface area contributed by atoms with E-state index < -0.39 is 13.8 Å². The van der Waals surface area contributed by atoms with Gasteiger partial charge < -0.3 is 14.0 Å². The quantitative estimate of drug-likeness (QED) is 0.579. The molecule has 0 unspecified atom stereocenters. The molecule has 0 heterocycles. The van der Waals surface area contributed by atoms with E-state index in [1.165, 1.54) is 13.8 Å². The largest absolute Gasteiger partial charge is 0.526 e. The molecule has 134 valence electrons. The van der Waals surface area contributed by atoms with E-state index in [0.717, 1.165) is 6.92 Å². The second-order valence-corrected chi connectivity index (χ2v) is 4.09. The summed E-state index contributed by atoms with van der Waals surface area (Å²) >= 11 is 0. The zero-order chi connectivity index (χ0) is 18.8. The van der Waals surface area contributed by atoms with Gasteiger partial charge in [0, 0.05) is 20.8 Å². The van der Waals surface area contributed by atoms with Gasteiger partial charge in [-0.3, -0.25) is 24.2 Å². The molecule has 0 bridgehead atoms. The van der Waals surface area contributed by atoms with Crippen LogP contribution in [0, 0.1) is 0 Å². The van der Waals surface area contributed by atoms with Crippen molar-refractivity contribution in [2.75, 3.05) is 13.2 Å². The van der Waals surface area contributed by atoms with Crippen LogP contribution in [-0.4, -0.2) is 40.9 Å². The molecule has 22 heavy (non-hydrogen) atoms. The first-order valence-corrected chi connectivity index (χ1v) is 8.01. The zero-order valence-electron chi connectivity index (χ0n) is 14.1. The average Bonchev–Trinajstić information content (AvgIpc) is 2.29. The predicted molar refractivity (Wildman–Crippen MR) is 79.8 cm³/mol. The van der Waals surface area contributed by atoms with Crippen molar-refractivity contribution in [1.82, 2.24) is 0 Å². The van der Waals surface area contributed by atoms with E-state index in [-0.39, 0.29) is 11.9 Å². The fraction of sp³-hybridized carbons (Fsp3) is 0.750. The van der Waals surface area contributed by atoms with Crippen LogP contribution in [0.2, 0.25) is 0 Å². The molecule has 0 atom stereocenters. The molecule has 0 amide bonds. The SMILES string of the molecule is CC.CC(=O)OP(=O)(O)O.CCOC(C)=O.CCOC(C)=O. The topological polar surface area (TPSA) is 136 Å². The van der Waals surface area contributed by atoms with Crippen molar-refractivity contribution in [2.24, 2.45) is 0 Å². The van der Waals surface area contributed by atoms with Gasteiger partial charge in [-0.15, -0.1) is 0 Å². The van der Waals surface area contributed by atoms with Gasteiger partial charge in [-0.25, -0.2) is 4.57 Å². The first-order valence-electron chi connectivity index (χ1n) is 6.48. The number of phosphoric acid groups is 1. The normalized spacial score (nSPS) is 8.41. The maximum Gasteiger partial charge on any atom is 0.526 e. The summed E-state index contributed by atoms with van der Waals surface area (Å²) in [7, 11) is -4.57. The third-order valence-electron chi connectivity index (χ3n) is 0.943. The number of hydrogen-bond acceptors (Lipinski definition) is 7. The Hall–Kier alpha value is -1.44. The third-order valence-corrected chi connectivity index (χ3v) is 1.44. The summed E-state index contributed by atoms with van der Waals surface area (Å²) < 4.78 is 22.0. The predicted octanol–water partition coefficient (Wildman–Crippen LogP) is 1.81. The molecule has 0 aromatic heterocycles. The Kier molecular flexibility index (Phi) is 25.5. The highest BCUT2D eigenvalue weighted by molar-refractivity contribution is 7.46. The molecule has 0 aliphatic carbocycles. The highest BCUT2D eigenvalue weighted by atomic mass is 31.2. The molecule has 0 saturated heterocycles. The highest BCUT2D eigenvalue weighted by Gasteiger charge is 2.16. The number of rotatable bonds is 3. The number of carbonyl (C=O) groups excluding carboxylic acids is 3. The molecule has 2 N–H and O–H groups in total. The molecular formula is C12H27O9P. The molecule has 0 rings (SSSR count). The van der Waals surface area contributed by atoms with Gasteiger partial charge >= 0.3 is 25.7 Å². The molecule has 0 aromatic rings. The summed E-state index contributed by atoms with van der Waals surface area (Å²) in [4.78, 5) is 45.1. The van der Waals surface area contributed by atoms with Crippen LogP contribution in [0.15, 0.2) is 0 Å². The maximum atomic E-state index is 9.82. The van der Waals surface area contributed by atoms with Crippen molar-refractivity contribution in [2.45, 2.75) is 48.5 Å². The second-order valence-electron chi connectivity index (χ2n) is 2.92. The standard InChI is InChI=1S/2C4H8O2.C2H5O5P.C2H6/c2*1-3-6-4(2)5;1-2(3)7-8(4,5)6;1-2/h2*3H2,1-2H3;1H3,(H2,4,5,6);1-2H3. The summed E-state index contributed by atoms with van der Waals surface area (Å²) in [6.45, 7) is 12.2. The zero-order valence-corrected chi connectivity index (χ0v) is 15.0. The van der Waals surface area contributed by atoms with Gasteiger partial charge in [0.25, 0.3) is 0 Å². The lowest BCUT2D eigenvalue weighted by Crippen LogP contribution is -1.95. The van der Waals surface area contributed by atoms with Crippen LogP contribution >= 0.6 is 7.82 Å². The first kappa shape index (κ1) is 28.7. The van der Waals surface area contributed by atoms with Gasteiger partial charge in [0.1, 0.15) is 0 Å². The van der Waals surface area contributed by atoms with Crippen LogP contribution in [0.5, 0.6) is 0 Å². The van der Waals surface area contributed by atoms with E-state index in [4.69, 9.17) is 9.79 Å². The molecule has 0 aromatic carbocycles. The molecule has 0 spiro atoms. The Bertz CT molecular complexity index is 319. The highest BCUT2D eigenvalue weighted by Crippen LogP contribution is 2.35. The first-order chi connectivity index (χ1) is 9.96. The van der Waals surface area contributed by atoms with Crippen LogP contribution < -0.4 is 0 Å². The molecule has 10 heteroatoms. The van der Waals surface area contributed by atoms with E-state index >= 15 is 0 Å². The van der Waals surface area contributed by atoms with Crippen LogP contribution in [0.3, 0.4) is 0 Å². The van der Waals surface area contributed by atoms with Crippen molar-refractivity contribution in [3.8, 4) is 0 Å². The Morgan fingerprint density at radius 2 is 1.09 bits per heavy atom. The Morgan fingerprint density at radius 3 is 1.09 bits per heavy atom. The summed E-state index contributed by atoms with van der Waals surface area (Å²) in [5.41, 5.74) is 0. The second kappa shape index (κ2) is 19.6. The lowest BCUT2D eigenvalue weighted by Gasteiger charge is -1.98. The van der Waals surface area contributed by atoms with Gasteiger partial charge in [0.15, 0.2) is 0 Å². The number of hydrogen-bond donors (Lipinski definition) is 2. The van der Waals surface area contributed by atoms with Crippen molar-refractivity contribution in [3.05, 3.63) is 0 Å². The summed E-state index contributed by atoms with van der Waals surface area (Å²) in [5.74, 6) is -1.41. The van der Waals surface area contributed by atoms with E-state index in [1.807, 2.05) is 13.8 Å². The average molecular weight is 346 g/mol. The number of carbonyl (C=O) groups is 3. The van der Waals surface area contributed by atoms with Gasteiger partial charge in [0.2, 0.25) is 0 Å². The van der Waals surface area contributed by atoms with Crippen LogP contribution in [0.4, 0.5) is 0 Å². The molecule has 0 aliphatic heterocycles. The molecular weight excluding hydrogens is 319 g/mol. The minimum absolute atomic E-state index is 0.211. The summed E-state index contributed by atoms with van der Waals surface area (Å²) in [5, 5.41) is 0. The molecule has 0 fully saturated rings. The van der Waals surface area contributed by atoms with Crippen LogP contribution in [-0.2, 0) is 32.9 Å². The third kappa shape index (κ3) is 62.6. The number of ether oxygens (including phenoxy) is 2. The molecule has 9 nitrogen and oxygen atoms in total. The van der Waals surface area contributed by atoms with Crippen molar-refractivity contribution >= 4 is 25.7 Å². The molecule has 0 radical (unpaired) electrons. The minimum atomic E-state index is -4.57. The van der Waals surface area contributed by atoms with E-state index in [1.54, 1.807) is 13.8 Å². The molecule has 0 saturated carbocycles. The smallest absolute Gasteiger partial charge is 0.466 e. The number of phosphoric ester groups is 1. The number of esters is 2. The van der Waals surface area contributed by atoms with Crippen molar-refractivity contribution < 1.29 is 42.7 Å². The summed E-state index contributed by atoms with van der Waals surface area (Å²) in [6, 6.07) is 0. The van der Waals surface area contributed by atoms with E-state index in [0.29, 0.717) is 13.2 Å². The Balaban J connectivity index is -0.000000106. The van der Waals surface area contributed by atoms with Gasteiger partial charge in [-0.2, -0.15) is 0 Å². The Morgan fingerprint density at radius 1 is 0.818 bits per heavy atom. The van der Waals surface area contributed by atoms with Crippen molar-refractivity contribution in [1.29, 1.82) is 0 Å². The van der Waals surface area contributed by atoms with Gasteiger partial charge in [-0.05, 0) is 13.8 Å². The van der Waals surface area contributed by atoms with Gasteiger partial charge in [0.05, 0.1) is 13.2 Å². The summed E-state index contributed by atoms with van der Waals surface area (Å²) in [6.07, 6.45) is 0. The van der Waals surface area contributed by atoms with Crippen LogP contribution in [0.1, 0.15) is 48.5 Å². The lowest BCUT2D eigenvalue weighted by atomic mass is 10.8. The van der Waals surface area contributed by atoms with Gasteiger partial charge in [-0.1, -0.05) is 13.8 Å². The minimum Gasteiger partial charge on any atom is -0.466 e. The fourth-order valence-electron chi connectivity index (χ4n) is 0.574. The molecule has 0 aliphatic rings. The Labute approximate surface area is 131 Å². The van der Waals surface area contributed by atoms with E-state index in [9.17, 15) is 18.9 Å². The monoisotopic (exact) mass is 346 g/mol. The fourth-order valence-corrected chi connectivity index (χ4v) is 0.909. The van der Waals surface area contributed by atoms with E-state index in [2.05, 4.69) is 14.0 Å².